The van der Waals surface area contributed by atoms with Gasteiger partial charge in [0.15, 0.2) is 0 Å². The lowest BCUT2D eigenvalue weighted by atomic mass is 10.3. The molecular formula is C19H18N6O3S2. The third-order valence-corrected chi connectivity index (χ3v) is 6.01. The van der Waals surface area contributed by atoms with Crippen molar-refractivity contribution in [1.29, 1.82) is 0 Å². The number of carbonyl (C=O) groups is 1. The highest BCUT2D eigenvalue weighted by atomic mass is 32.2. The first-order chi connectivity index (χ1) is 14.7. The highest BCUT2D eigenvalue weighted by molar-refractivity contribution is 7.99. The molecule has 3 heterocycles. The summed E-state index contributed by atoms with van der Waals surface area (Å²) in [5.74, 6) is 0.487. The van der Waals surface area contributed by atoms with Gasteiger partial charge in [0.25, 0.3) is 10.8 Å². The first-order valence-electron chi connectivity index (χ1n) is 9.26. The van der Waals surface area contributed by atoms with Crippen LogP contribution < -0.4 is 10.9 Å². The van der Waals surface area contributed by atoms with Gasteiger partial charge >= 0.3 is 0 Å². The second kappa shape index (κ2) is 9.63. The van der Waals surface area contributed by atoms with Gasteiger partial charge < -0.3 is 9.73 Å². The van der Waals surface area contributed by atoms with E-state index in [1.165, 1.54) is 28.7 Å². The number of nitrogens with one attached hydrogen (secondary N) is 1. The van der Waals surface area contributed by atoms with Crippen LogP contribution in [0.1, 0.15) is 10.9 Å². The van der Waals surface area contributed by atoms with Crippen molar-refractivity contribution < 1.29 is 9.21 Å². The first-order valence-corrected chi connectivity index (χ1v) is 11.1. The van der Waals surface area contributed by atoms with Gasteiger partial charge in [0.05, 0.1) is 27.5 Å². The number of amides is 1. The number of hydrogen-bond donors (Lipinski definition) is 1. The summed E-state index contributed by atoms with van der Waals surface area (Å²) in [6.07, 6.45) is 2.85. The summed E-state index contributed by atoms with van der Waals surface area (Å²) < 4.78 is 8.06. The van der Waals surface area contributed by atoms with Crippen LogP contribution in [-0.4, -0.2) is 43.2 Å². The maximum atomic E-state index is 12.0. The van der Waals surface area contributed by atoms with Crippen molar-refractivity contribution in [2.75, 3.05) is 12.3 Å². The number of carbonyl (C=O) groups excluding carboxylic acids is 1. The molecule has 0 saturated carbocycles. The highest BCUT2D eigenvalue weighted by Crippen LogP contribution is 2.23. The van der Waals surface area contributed by atoms with Gasteiger partial charge in [-0.15, -0.1) is 21.5 Å². The van der Waals surface area contributed by atoms with Gasteiger partial charge in [0, 0.05) is 31.6 Å². The Morgan fingerprint density at radius 1 is 1.17 bits per heavy atom. The third-order valence-electron chi connectivity index (χ3n) is 4.10. The maximum Gasteiger partial charge on any atom is 0.277 e. The van der Waals surface area contributed by atoms with E-state index in [0.717, 1.165) is 21.6 Å². The predicted molar refractivity (Wildman–Crippen MR) is 114 cm³/mol. The molecule has 0 aliphatic rings. The molecule has 0 aliphatic heterocycles. The van der Waals surface area contributed by atoms with Gasteiger partial charge in [-0.2, -0.15) is 5.10 Å². The molecule has 3 aromatic heterocycles. The Balaban J connectivity index is 1.20. The Morgan fingerprint density at radius 2 is 2.07 bits per heavy atom. The number of thioether (sulfide) groups is 1. The smallest absolute Gasteiger partial charge is 0.277 e. The molecule has 1 N–H and O–H groups in total. The molecule has 0 spiro atoms. The molecule has 0 aliphatic carbocycles. The summed E-state index contributed by atoms with van der Waals surface area (Å²) in [4.78, 5) is 28.1. The van der Waals surface area contributed by atoms with Crippen molar-refractivity contribution in [3.05, 3.63) is 63.8 Å². The van der Waals surface area contributed by atoms with Crippen molar-refractivity contribution in [3.63, 3.8) is 0 Å². The zero-order valence-corrected chi connectivity index (χ0v) is 17.5. The molecular weight excluding hydrogens is 424 g/mol. The number of nitrogens with zero attached hydrogens (tertiary/aromatic N) is 5. The second-order valence-electron chi connectivity index (χ2n) is 6.26. The van der Waals surface area contributed by atoms with E-state index in [0.29, 0.717) is 30.6 Å². The van der Waals surface area contributed by atoms with E-state index in [2.05, 4.69) is 31.7 Å². The number of benzene rings is 1. The molecule has 9 nitrogen and oxygen atoms in total. The van der Waals surface area contributed by atoms with Gasteiger partial charge in [-0.25, -0.2) is 9.67 Å². The van der Waals surface area contributed by atoms with Crippen LogP contribution in [0, 0.1) is 0 Å². The highest BCUT2D eigenvalue weighted by Gasteiger charge is 2.11. The lowest BCUT2D eigenvalue weighted by Gasteiger charge is -2.05. The predicted octanol–water partition coefficient (Wildman–Crippen LogP) is 1.93. The topological polar surface area (TPSA) is 116 Å². The fourth-order valence-electron chi connectivity index (χ4n) is 2.67. The van der Waals surface area contributed by atoms with E-state index in [1.807, 2.05) is 18.2 Å². The Labute approximate surface area is 179 Å². The molecule has 0 saturated heterocycles. The van der Waals surface area contributed by atoms with Gasteiger partial charge in [-0.3, -0.25) is 9.59 Å². The third kappa shape index (κ3) is 5.30. The normalized spacial score (nSPS) is 11.1. The lowest BCUT2D eigenvalue weighted by Crippen LogP contribution is -2.32. The Morgan fingerprint density at radius 3 is 2.93 bits per heavy atom. The monoisotopic (exact) mass is 442 g/mol. The first kappa shape index (κ1) is 20.2. The molecule has 0 radical (unpaired) electrons. The van der Waals surface area contributed by atoms with Crippen LogP contribution in [0.5, 0.6) is 0 Å². The molecule has 154 valence electrons. The number of fused-ring (bicyclic) bond motifs is 1. The fraction of sp³-hybridized carbons (Fsp3) is 0.263. The van der Waals surface area contributed by atoms with E-state index >= 15 is 0 Å². The number of aromatic nitrogens is 5. The Hall–Kier alpha value is -3.05. The molecule has 1 amide bonds. The minimum absolute atomic E-state index is 0.149. The standard InChI is InChI=1S/C19H18N6O3S2/c26-15(20-10-11-25-18(27)6-3-9-21-25)12-29-19-24-23-16(28-19)7-8-17-22-13-4-1-2-5-14(13)30-17/h1-6,9H,7-8,10-12H2,(H,20,26). The molecule has 30 heavy (non-hydrogen) atoms. The van der Waals surface area contributed by atoms with Gasteiger partial charge in [-0.05, 0) is 18.2 Å². The molecule has 11 heteroatoms. The molecule has 1 aromatic carbocycles. The van der Waals surface area contributed by atoms with E-state index < -0.39 is 0 Å². The van der Waals surface area contributed by atoms with E-state index in [1.54, 1.807) is 17.4 Å². The van der Waals surface area contributed by atoms with Crippen molar-refractivity contribution in [2.24, 2.45) is 0 Å². The van der Waals surface area contributed by atoms with Crippen LogP contribution >= 0.6 is 23.1 Å². The molecule has 0 atom stereocenters. The van der Waals surface area contributed by atoms with Crippen molar-refractivity contribution in [1.82, 2.24) is 30.3 Å². The van der Waals surface area contributed by atoms with Crippen LogP contribution in [0.2, 0.25) is 0 Å². The summed E-state index contributed by atoms with van der Waals surface area (Å²) in [5, 5.41) is 16.1. The van der Waals surface area contributed by atoms with Crippen LogP contribution in [0.25, 0.3) is 10.2 Å². The summed E-state index contributed by atoms with van der Waals surface area (Å²) in [7, 11) is 0. The molecule has 0 fully saturated rings. The lowest BCUT2D eigenvalue weighted by molar-refractivity contribution is -0.118. The maximum absolute atomic E-state index is 12.0. The number of hydrogen-bond acceptors (Lipinski definition) is 9. The van der Waals surface area contributed by atoms with Crippen molar-refractivity contribution in [2.45, 2.75) is 24.6 Å². The quantitative estimate of drug-likeness (QED) is 0.391. The van der Waals surface area contributed by atoms with Crippen LogP contribution in [0.15, 0.2) is 57.0 Å². The molecule has 4 rings (SSSR count). The minimum atomic E-state index is -0.203. The molecule has 0 bridgehead atoms. The average molecular weight is 443 g/mol. The number of para-hydroxylation sites is 1. The van der Waals surface area contributed by atoms with Crippen LogP contribution in [0.3, 0.4) is 0 Å². The van der Waals surface area contributed by atoms with Crippen molar-refractivity contribution in [3.8, 4) is 0 Å². The van der Waals surface area contributed by atoms with Gasteiger partial charge in [-0.1, -0.05) is 23.9 Å². The minimum Gasteiger partial charge on any atom is -0.416 e. The fourth-order valence-corrected chi connectivity index (χ4v) is 4.25. The van der Waals surface area contributed by atoms with E-state index in [9.17, 15) is 9.59 Å². The Bertz CT molecular complexity index is 1170. The van der Waals surface area contributed by atoms with E-state index in [4.69, 9.17) is 4.42 Å². The summed E-state index contributed by atoms with van der Waals surface area (Å²) in [6.45, 7) is 0.625. The van der Waals surface area contributed by atoms with E-state index in [-0.39, 0.29) is 17.2 Å². The Kier molecular flexibility index (Phi) is 6.50. The number of aryl methyl sites for hydroxylation is 2. The summed E-state index contributed by atoms with van der Waals surface area (Å²) in [6, 6.07) is 11.0. The summed E-state index contributed by atoms with van der Waals surface area (Å²) in [5.41, 5.74) is 0.795. The molecule has 4 aromatic rings. The molecule has 0 unspecified atom stereocenters. The zero-order chi connectivity index (χ0) is 20.8. The largest absolute Gasteiger partial charge is 0.416 e. The van der Waals surface area contributed by atoms with Gasteiger partial charge in [0.2, 0.25) is 11.8 Å². The SMILES string of the molecule is O=C(CSc1nnc(CCc2nc3ccccc3s2)o1)NCCn1ncccc1=O. The second-order valence-corrected chi connectivity index (χ2v) is 8.30. The summed E-state index contributed by atoms with van der Waals surface area (Å²) >= 11 is 2.83. The number of thiazole rings is 1. The van der Waals surface area contributed by atoms with Crippen LogP contribution in [-0.2, 0) is 24.2 Å². The van der Waals surface area contributed by atoms with Gasteiger partial charge in [0.1, 0.15) is 0 Å². The zero-order valence-electron chi connectivity index (χ0n) is 15.9. The average Bonchev–Trinajstić information content (AvgIpc) is 3.38. The number of rotatable bonds is 9. The van der Waals surface area contributed by atoms with Crippen LogP contribution in [0.4, 0.5) is 0 Å². The van der Waals surface area contributed by atoms with Crippen molar-refractivity contribution >= 4 is 39.2 Å².